The Labute approximate surface area is 110 Å². The fourth-order valence-corrected chi connectivity index (χ4v) is 1.97. The van der Waals surface area contributed by atoms with Crippen LogP contribution in [0.4, 0.5) is 10.1 Å². The van der Waals surface area contributed by atoms with Gasteiger partial charge in [-0.2, -0.15) is 0 Å². The molecule has 0 saturated carbocycles. The third kappa shape index (κ3) is 3.70. The maximum Gasteiger partial charge on any atom is 0.123 e. The molecule has 0 spiro atoms. The molecule has 1 rings (SSSR count). The summed E-state index contributed by atoms with van der Waals surface area (Å²) in [6, 6.07) is 5.47. The van der Waals surface area contributed by atoms with Crippen molar-refractivity contribution in [3.05, 3.63) is 29.6 Å². The molecule has 3 heteroatoms. The van der Waals surface area contributed by atoms with Crippen molar-refractivity contribution >= 4 is 5.69 Å². The Morgan fingerprint density at radius 1 is 1.28 bits per heavy atom. The molecule has 1 atom stereocenters. The summed E-state index contributed by atoms with van der Waals surface area (Å²) in [6.07, 6.45) is 0. The second kappa shape index (κ2) is 6.74. The highest BCUT2D eigenvalue weighted by molar-refractivity contribution is 5.54. The lowest BCUT2D eigenvalue weighted by molar-refractivity contribution is 0.503. The fourth-order valence-electron chi connectivity index (χ4n) is 1.97. The van der Waals surface area contributed by atoms with Crippen molar-refractivity contribution in [1.82, 2.24) is 5.32 Å². The Kier molecular flexibility index (Phi) is 5.60. The first-order valence-electron chi connectivity index (χ1n) is 6.69. The number of nitrogens with one attached hydrogen (secondary N) is 1. The van der Waals surface area contributed by atoms with Crippen LogP contribution in [0.25, 0.3) is 0 Å². The minimum absolute atomic E-state index is 0.169. The van der Waals surface area contributed by atoms with Gasteiger partial charge in [-0.05, 0) is 43.1 Å². The normalized spacial score (nSPS) is 12.8. The Morgan fingerprint density at radius 2 is 1.94 bits per heavy atom. The van der Waals surface area contributed by atoms with E-state index < -0.39 is 0 Å². The summed E-state index contributed by atoms with van der Waals surface area (Å²) in [6.45, 7) is 10.3. The van der Waals surface area contributed by atoms with Crippen molar-refractivity contribution in [2.75, 3.05) is 18.5 Å². The third-order valence-corrected chi connectivity index (χ3v) is 3.56. The maximum absolute atomic E-state index is 13.4. The highest BCUT2D eigenvalue weighted by atomic mass is 19.1. The van der Waals surface area contributed by atoms with E-state index in [1.165, 1.54) is 6.07 Å². The Morgan fingerprint density at radius 3 is 2.50 bits per heavy atom. The van der Waals surface area contributed by atoms with Crippen LogP contribution in [0.3, 0.4) is 0 Å². The summed E-state index contributed by atoms with van der Waals surface area (Å²) < 4.78 is 13.4. The predicted molar refractivity (Wildman–Crippen MR) is 76.5 cm³/mol. The largest absolute Gasteiger partial charge is 0.371 e. The summed E-state index contributed by atoms with van der Waals surface area (Å²) in [5.74, 6) is 0.393. The lowest BCUT2D eigenvalue weighted by atomic mass is 10.0. The van der Waals surface area contributed by atoms with E-state index in [0.717, 1.165) is 17.8 Å². The van der Waals surface area contributed by atoms with Gasteiger partial charge in [0.15, 0.2) is 0 Å². The molecule has 0 amide bonds. The van der Waals surface area contributed by atoms with Gasteiger partial charge in [-0.15, -0.1) is 0 Å². The van der Waals surface area contributed by atoms with Gasteiger partial charge >= 0.3 is 0 Å². The van der Waals surface area contributed by atoms with Gasteiger partial charge in [-0.3, -0.25) is 0 Å². The van der Waals surface area contributed by atoms with Crippen LogP contribution >= 0.6 is 0 Å². The van der Waals surface area contributed by atoms with Gasteiger partial charge in [0, 0.05) is 25.3 Å². The monoisotopic (exact) mass is 252 g/mol. The molecular weight excluding hydrogens is 227 g/mol. The van der Waals surface area contributed by atoms with Crippen molar-refractivity contribution in [3.63, 3.8) is 0 Å². The van der Waals surface area contributed by atoms with Gasteiger partial charge in [-0.25, -0.2) is 4.39 Å². The van der Waals surface area contributed by atoms with E-state index in [-0.39, 0.29) is 5.82 Å². The van der Waals surface area contributed by atoms with Crippen LogP contribution in [-0.4, -0.2) is 19.6 Å². The number of hydrogen-bond donors (Lipinski definition) is 1. The molecule has 0 saturated heterocycles. The molecule has 1 unspecified atom stereocenters. The molecule has 0 radical (unpaired) electrons. The average molecular weight is 252 g/mol. The average Bonchev–Trinajstić information content (AvgIpc) is 2.34. The van der Waals surface area contributed by atoms with Crippen molar-refractivity contribution in [1.29, 1.82) is 0 Å². The molecule has 0 fully saturated rings. The summed E-state index contributed by atoms with van der Waals surface area (Å²) in [5.41, 5.74) is 2.13. The van der Waals surface area contributed by atoms with Crippen LogP contribution in [0.1, 0.15) is 33.3 Å². The Hall–Kier alpha value is -1.09. The van der Waals surface area contributed by atoms with E-state index in [1.54, 1.807) is 6.07 Å². The second-order valence-corrected chi connectivity index (χ2v) is 5.15. The standard InChI is InChI=1S/C15H25FN2/c1-6-17-10-13-9-14(16)7-8-15(13)18(5)12(4)11(2)3/h7-9,11-12,17H,6,10H2,1-5H3. The molecule has 102 valence electrons. The summed E-state index contributed by atoms with van der Waals surface area (Å²) in [5, 5.41) is 3.26. The highest BCUT2D eigenvalue weighted by Crippen LogP contribution is 2.24. The zero-order valence-electron chi connectivity index (χ0n) is 12.1. The van der Waals surface area contributed by atoms with E-state index in [4.69, 9.17) is 0 Å². The van der Waals surface area contributed by atoms with Gasteiger partial charge < -0.3 is 10.2 Å². The fraction of sp³-hybridized carbons (Fsp3) is 0.600. The number of rotatable bonds is 6. The second-order valence-electron chi connectivity index (χ2n) is 5.15. The number of nitrogens with zero attached hydrogens (tertiary/aromatic N) is 1. The summed E-state index contributed by atoms with van der Waals surface area (Å²) >= 11 is 0. The molecule has 0 aromatic heterocycles. The van der Waals surface area contributed by atoms with Crippen molar-refractivity contribution in [2.24, 2.45) is 5.92 Å². The first-order chi connectivity index (χ1) is 8.47. The minimum Gasteiger partial charge on any atom is -0.371 e. The van der Waals surface area contributed by atoms with E-state index in [2.05, 4.69) is 45.0 Å². The molecule has 1 aromatic carbocycles. The summed E-state index contributed by atoms with van der Waals surface area (Å²) in [7, 11) is 2.08. The SMILES string of the molecule is CCNCc1cc(F)ccc1N(C)C(C)C(C)C. The first-order valence-corrected chi connectivity index (χ1v) is 6.69. The molecule has 18 heavy (non-hydrogen) atoms. The molecule has 1 N–H and O–H groups in total. The third-order valence-electron chi connectivity index (χ3n) is 3.56. The predicted octanol–water partition coefficient (Wildman–Crippen LogP) is 3.42. The van der Waals surface area contributed by atoms with E-state index in [0.29, 0.717) is 18.5 Å². The molecular formula is C15H25FN2. The number of hydrogen-bond acceptors (Lipinski definition) is 2. The van der Waals surface area contributed by atoms with E-state index in [1.807, 2.05) is 6.07 Å². The molecule has 0 heterocycles. The molecule has 2 nitrogen and oxygen atoms in total. The van der Waals surface area contributed by atoms with Gasteiger partial charge in [-0.1, -0.05) is 20.8 Å². The smallest absolute Gasteiger partial charge is 0.123 e. The number of benzene rings is 1. The molecule has 0 aliphatic carbocycles. The number of halogens is 1. The first kappa shape index (κ1) is 15.0. The van der Waals surface area contributed by atoms with Crippen molar-refractivity contribution in [2.45, 2.75) is 40.3 Å². The Balaban J connectivity index is 2.99. The molecule has 0 aliphatic heterocycles. The van der Waals surface area contributed by atoms with Gasteiger partial charge in [0.2, 0.25) is 0 Å². The topological polar surface area (TPSA) is 15.3 Å². The van der Waals surface area contributed by atoms with Gasteiger partial charge in [0.05, 0.1) is 0 Å². The lowest BCUT2D eigenvalue weighted by Crippen LogP contribution is -2.34. The maximum atomic E-state index is 13.4. The lowest BCUT2D eigenvalue weighted by Gasteiger charge is -2.31. The van der Waals surface area contributed by atoms with Crippen molar-refractivity contribution < 1.29 is 4.39 Å². The minimum atomic E-state index is -0.169. The van der Waals surface area contributed by atoms with Crippen LogP contribution in [-0.2, 0) is 6.54 Å². The van der Waals surface area contributed by atoms with Gasteiger partial charge in [0.25, 0.3) is 0 Å². The Bertz CT molecular complexity index is 377. The molecule has 0 aliphatic rings. The van der Waals surface area contributed by atoms with Gasteiger partial charge in [0.1, 0.15) is 5.82 Å². The van der Waals surface area contributed by atoms with E-state index in [9.17, 15) is 4.39 Å². The zero-order valence-corrected chi connectivity index (χ0v) is 12.1. The van der Waals surface area contributed by atoms with Crippen LogP contribution in [0, 0.1) is 11.7 Å². The summed E-state index contributed by atoms with van der Waals surface area (Å²) in [4.78, 5) is 2.23. The van der Waals surface area contributed by atoms with Crippen LogP contribution in [0.5, 0.6) is 0 Å². The van der Waals surface area contributed by atoms with Crippen molar-refractivity contribution in [3.8, 4) is 0 Å². The highest BCUT2D eigenvalue weighted by Gasteiger charge is 2.16. The van der Waals surface area contributed by atoms with E-state index >= 15 is 0 Å². The number of anilines is 1. The molecule has 1 aromatic rings. The molecule has 0 bridgehead atoms. The van der Waals surface area contributed by atoms with Crippen LogP contribution < -0.4 is 10.2 Å². The van der Waals surface area contributed by atoms with Crippen LogP contribution in [0.2, 0.25) is 0 Å². The zero-order chi connectivity index (χ0) is 13.7. The quantitative estimate of drug-likeness (QED) is 0.834. The van der Waals surface area contributed by atoms with Crippen LogP contribution in [0.15, 0.2) is 18.2 Å².